The molecule has 2 amide bonds. The quantitative estimate of drug-likeness (QED) is 0.870. The van der Waals surface area contributed by atoms with E-state index >= 15 is 0 Å². The number of carbonyl (C=O) groups is 1. The topological polar surface area (TPSA) is 44.4 Å². The van der Waals surface area contributed by atoms with Crippen LogP contribution in [0.1, 0.15) is 12.8 Å². The maximum atomic E-state index is 11.9. The summed E-state index contributed by atoms with van der Waals surface area (Å²) in [5.41, 5.74) is 2.69. The first kappa shape index (κ1) is 14.7. The van der Waals surface area contributed by atoms with E-state index in [0.717, 1.165) is 18.8 Å². The van der Waals surface area contributed by atoms with Gasteiger partial charge in [-0.3, -0.25) is 0 Å². The largest absolute Gasteiger partial charge is 0.372 e. The van der Waals surface area contributed by atoms with Gasteiger partial charge in [0.1, 0.15) is 0 Å². The molecule has 1 aliphatic rings. The van der Waals surface area contributed by atoms with Gasteiger partial charge < -0.3 is 15.5 Å². The van der Waals surface area contributed by atoms with Gasteiger partial charge in [0.05, 0.1) is 0 Å². The minimum atomic E-state index is -0.267. The third-order valence-electron chi connectivity index (χ3n) is 3.70. The lowest BCUT2D eigenvalue weighted by Gasteiger charge is -2.17. The van der Waals surface area contributed by atoms with Gasteiger partial charge in [-0.15, -0.1) is 0 Å². The summed E-state index contributed by atoms with van der Waals surface area (Å²) < 4.78 is 0. The summed E-state index contributed by atoms with van der Waals surface area (Å²) in [7, 11) is 0. The first-order valence-corrected chi connectivity index (χ1v) is 7.77. The molecule has 0 aromatic heterocycles. The predicted molar refractivity (Wildman–Crippen MR) is 92.0 cm³/mol. The van der Waals surface area contributed by atoms with Gasteiger partial charge in [0.2, 0.25) is 0 Å². The molecule has 4 nitrogen and oxygen atoms in total. The molecular formula is C17H18ClN3O. The Morgan fingerprint density at radius 2 is 1.36 bits per heavy atom. The summed E-state index contributed by atoms with van der Waals surface area (Å²) in [6.45, 7) is 2.23. The molecule has 2 aromatic rings. The third-order valence-corrected chi connectivity index (χ3v) is 3.95. The number of rotatable bonds is 3. The highest BCUT2D eigenvalue weighted by Gasteiger charge is 2.12. The van der Waals surface area contributed by atoms with Crippen LogP contribution in [-0.4, -0.2) is 19.1 Å². The molecule has 1 fully saturated rings. The Balaban J connectivity index is 1.57. The molecule has 2 aromatic carbocycles. The molecule has 0 atom stereocenters. The summed E-state index contributed by atoms with van der Waals surface area (Å²) in [5, 5.41) is 6.23. The van der Waals surface area contributed by atoms with Gasteiger partial charge in [-0.2, -0.15) is 0 Å². The van der Waals surface area contributed by atoms with Crippen LogP contribution in [0.4, 0.5) is 21.9 Å². The molecule has 0 radical (unpaired) electrons. The summed E-state index contributed by atoms with van der Waals surface area (Å²) in [6, 6.07) is 14.7. The van der Waals surface area contributed by atoms with Crippen molar-refractivity contribution in [2.24, 2.45) is 0 Å². The Bertz CT molecular complexity index is 634. The van der Waals surface area contributed by atoms with E-state index in [2.05, 4.69) is 15.5 Å². The minimum absolute atomic E-state index is 0.267. The number of nitrogens with zero attached hydrogens (tertiary/aromatic N) is 1. The highest BCUT2D eigenvalue weighted by atomic mass is 35.5. The number of hydrogen-bond acceptors (Lipinski definition) is 2. The molecule has 1 saturated heterocycles. The Kier molecular flexibility index (Phi) is 4.49. The lowest BCUT2D eigenvalue weighted by atomic mass is 10.2. The van der Waals surface area contributed by atoms with E-state index < -0.39 is 0 Å². The second kappa shape index (κ2) is 6.71. The molecule has 5 heteroatoms. The molecule has 114 valence electrons. The van der Waals surface area contributed by atoms with Crippen LogP contribution < -0.4 is 15.5 Å². The Morgan fingerprint density at radius 1 is 0.864 bits per heavy atom. The number of nitrogens with one attached hydrogen (secondary N) is 2. The Labute approximate surface area is 135 Å². The molecule has 3 rings (SSSR count). The molecular weight excluding hydrogens is 298 g/mol. The van der Waals surface area contributed by atoms with Gasteiger partial charge in [-0.1, -0.05) is 11.6 Å². The van der Waals surface area contributed by atoms with Gasteiger partial charge in [-0.05, 0) is 61.4 Å². The van der Waals surface area contributed by atoms with Gasteiger partial charge in [0, 0.05) is 35.2 Å². The predicted octanol–water partition coefficient (Wildman–Crippen LogP) is 4.58. The summed E-state index contributed by atoms with van der Waals surface area (Å²) in [5.74, 6) is 0. The summed E-state index contributed by atoms with van der Waals surface area (Å²) in [6.07, 6.45) is 2.51. The van der Waals surface area contributed by atoms with Crippen LogP contribution in [0.25, 0.3) is 0 Å². The number of benzene rings is 2. The SMILES string of the molecule is O=C(Nc1ccc(Cl)cc1)Nc1ccc(N2CCCC2)cc1. The van der Waals surface area contributed by atoms with Gasteiger partial charge in [0.25, 0.3) is 0 Å². The fraction of sp³-hybridized carbons (Fsp3) is 0.235. The lowest BCUT2D eigenvalue weighted by molar-refractivity contribution is 0.262. The monoisotopic (exact) mass is 315 g/mol. The van der Waals surface area contributed by atoms with E-state index in [4.69, 9.17) is 11.6 Å². The molecule has 0 saturated carbocycles. The molecule has 0 bridgehead atoms. The van der Waals surface area contributed by atoms with Crippen molar-refractivity contribution in [3.8, 4) is 0 Å². The standard InChI is InChI=1S/C17H18ClN3O/c18-13-3-5-14(6-4-13)19-17(22)20-15-7-9-16(10-8-15)21-11-1-2-12-21/h3-10H,1-2,11-12H2,(H2,19,20,22). The van der Waals surface area contributed by atoms with E-state index in [-0.39, 0.29) is 6.03 Å². The number of anilines is 3. The zero-order chi connectivity index (χ0) is 15.4. The van der Waals surface area contributed by atoms with Crippen LogP contribution in [0.5, 0.6) is 0 Å². The van der Waals surface area contributed by atoms with Crippen LogP contribution >= 0.6 is 11.6 Å². The number of carbonyl (C=O) groups excluding carboxylic acids is 1. The van der Waals surface area contributed by atoms with Crippen molar-refractivity contribution in [2.45, 2.75) is 12.8 Å². The van der Waals surface area contributed by atoms with Crippen molar-refractivity contribution in [2.75, 3.05) is 28.6 Å². The molecule has 22 heavy (non-hydrogen) atoms. The highest BCUT2D eigenvalue weighted by molar-refractivity contribution is 6.30. The Morgan fingerprint density at radius 3 is 1.91 bits per heavy atom. The van der Waals surface area contributed by atoms with Crippen molar-refractivity contribution in [1.82, 2.24) is 0 Å². The van der Waals surface area contributed by atoms with Crippen molar-refractivity contribution in [1.29, 1.82) is 0 Å². The normalized spacial score (nSPS) is 14.0. The van der Waals surface area contributed by atoms with Gasteiger partial charge in [0.15, 0.2) is 0 Å². The Hall–Kier alpha value is -2.20. The minimum Gasteiger partial charge on any atom is -0.372 e. The molecule has 0 spiro atoms. The highest BCUT2D eigenvalue weighted by Crippen LogP contribution is 2.22. The zero-order valence-corrected chi connectivity index (χ0v) is 12.9. The number of hydrogen-bond donors (Lipinski definition) is 2. The zero-order valence-electron chi connectivity index (χ0n) is 12.2. The van der Waals surface area contributed by atoms with Crippen LogP contribution in [0.15, 0.2) is 48.5 Å². The number of amides is 2. The fourth-order valence-electron chi connectivity index (χ4n) is 2.56. The van der Waals surface area contributed by atoms with Gasteiger partial charge in [-0.25, -0.2) is 4.79 Å². The first-order valence-electron chi connectivity index (χ1n) is 7.39. The third kappa shape index (κ3) is 3.71. The summed E-state index contributed by atoms with van der Waals surface area (Å²) in [4.78, 5) is 14.3. The van der Waals surface area contributed by atoms with Crippen LogP contribution in [-0.2, 0) is 0 Å². The van der Waals surface area contributed by atoms with E-state index in [1.807, 2.05) is 24.3 Å². The molecule has 0 aliphatic carbocycles. The first-order chi connectivity index (χ1) is 10.7. The van der Waals surface area contributed by atoms with E-state index in [9.17, 15) is 4.79 Å². The summed E-state index contributed by atoms with van der Waals surface area (Å²) >= 11 is 5.81. The van der Waals surface area contributed by atoms with E-state index in [0.29, 0.717) is 10.7 Å². The van der Waals surface area contributed by atoms with Crippen LogP contribution in [0, 0.1) is 0 Å². The van der Waals surface area contributed by atoms with Gasteiger partial charge >= 0.3 is 6.03 Å². The lowest BCUT2D eigenvalue weighted by Crippen LogP contribution is -2.20. The van der Waals surface area contributed by atoms with Crippen LogP contribution in [0.2, 0.25) is 5.02 Å². The van der Waals surface area contributed by atoms with Crippen LogP contribution in [0.3, 0.4) is 0 Å². The fourth-order valence-corrected chi connectivity index (χ4v) is 2.68. The molecule has 2 N–H and O–H groups in total. The molecule has 1 heterocycles. The molecule has 1 aliphatic heterocycles. The van der Waals surface area contributed by atoms with Crippen molar-refractivity contribution in [3.63, 3.8) is 0 Å². The van der Waals surface area contributed by atoms with Crippen molar-refractivity contribution >= 4 is 34.7 Å². The van der Waals surface area contributed by atoms with Crippen molar-refractivity contribution < 1.29 is 4.79 Å². The van der Waals surface area contributed by atoms with E-state index in [1.165, 1.54) is 18.5 Å². The maximum Gasteiger partial charge on any atom is 0.323 e. The molecule has 0 unspecified atom stereocenters. The second-order valence-corrected chi connectivity index (χ2v) is 5.76. The maximum absolute atomic E-state index is 11.9. The van der Waals surface area contributed by atoms with Crippen molar-refractivity contribution in [3.05, 3.63) is 53.6 Å². The average Bonchev–Trinajstić information content (AvgIpc) is 3.05. The number of halogens is 1. The second-order valence-electron chi connectivity index (χ2n) is 5.33. The van der Waals surface area contributed by atoms with E-state index in [1.54, 1.807) is 24.3 Å². The number of urea groups is 1. The average molecular weight is 316 g/mol. The smallest absolute Gasteiger partial charge is 0.323 e.